The lowest BCUT2D eigenvalue weighted by molar-refractivity contribution is 0.598. The average molecular weight is 313 g/mol. The Kier molecular flexibility index (Phi) is 3.28. The van der Waals surface area contributed by atoms with E-state index in [9.17, 15) is 0 Å². The number of benzene rings is 1. The van der Waals surface area contributed by atoms with Crippen molar-refractivity contribution in [1.82, 2.24) is 19.7 Å². The highest BCUT2D eigenvalue weighted by molar-refractivity contribution is 6.31. The van der Waals surface area contributed by atoms with Crippen molar-refractivity contribution in [3.05, 3.63) is 70.8 Å². The smallest absolute Gasteiger partial charge is 0.0768 e. The zero-order chi connectivity index (χ0) is 15.1. The first kappa shape index (κ1) is 13.6. The van der Waals surface area contributed by atoms with Gasteiger partial charge in [-0.2, -0.15) is 5.10 Å². The van der Waals surface area contributed by atoms with Gasteiger partial charge in [-0.1, -0.05) is 17.7 Å². The number of nitrogens with one attached hydrogen (secondary N) is 1. The Labute approximate surface area is 134 Å². The summed E-state index contributed by atoms with van der Waals surface area (Å²) < 4.78 is 4.17. The second-order valence-electron chi connectivity index (χ2n) is 5.48. The molecule has 1 unspecified atom stereocenters. The van der Waals surface area contributed by atoms with Crippen LogP contribution in [-0.4, -0.2) is 14.3 Å². The molecule has 1 atom stereocenters. The van der Waals surface area contributed by atoms with Crippen LogP contribution in [-0.2, 0) is 13.1 Å². The second-order valence-corrected chi connectivity index (χ2v) is 5.89. The van der Waals surface area contributed by atoms with Crippen molar-refractivity contribution in [3.63, 3.8) is 0 Å². The highest BCUT2D eigenvalue weighted by Gasteiger charge is 2.24. The lowest BCUT2D eigenvalue weighted by Crippen LogP contribution is -2.21. The molecule has 1 aromatic carbocycles. The summed E-state index contributed by atoms with van der Waals surface area (Å²) in [6.45, 7) is 3.70. The third-order valence-electron chi connectivity index (χ3n) is 4.22. The first-order valence-electron chi connectivity index (χ1n) is 7.48. The summed E-state index contributed by atoms with van der Waals surface area (Å²) in [7, 11) is 0. The van der Waals surface area contributed by atoms with E-state index in [1.807, 2.05) is 23.0 Å². The highest BCUT2D eigenvalue weighted by atomic mass is 35.5. The molecule has 4 nitrogen and oxygen atoms in total. The molecule has 0 saturated heterocycles. The van der Waals surface area contributed by atoms with E-state index in [4.69, 9.17) is 11.6 Å². The number of halogens is 1. The van der Waals surface area contributed by atoms with Crippen LogP contribution < -0.4 is 5.32 Å². The average Bonchev–Trinajstić information content (AvgIpc) is 3.16. The van der Waals surface area contributed by atoms with E-state index >= 15 is 0 Å². The number of hydrogen-bond donors (Lipinski definition) is 1. The fraction of sp³-hybridized carbons (Fsp3) is 0.235. The third kappa shape index (κ3) is 2.07. The van der Waals surface area contributed by atoms with Crippen molar-refractivity contribution >= 4 is 11.6 Å². The third-order valence-corrected chi connectivity index (χ3v) is 4.58. The summed E-state index contributed by atoms with van der Waals surface area (Å²) in [6.07, 6.45) is 6.14. The largest absolute Gasteiger partial charge is 0.319 e. The maximum atomic E-state index is 6.40. The van der Waals surface area contributed by atoms with Crippen molar-refractivity contribution in [1.29, 1.82) is 0 Å². The molecule has 0 amide bonds. The van der Waals surface area contributed by atoms with Crippen LogP contribution in [0.3, 0.4) is 0 Å². The van der Waals surface area contributed by atoms with E-state index in [1.54, 1.807) is 0 Å². The summed E-state index contributed by atoms with van der Waals surface area (Å²) in [5.41, 5.74) is 4.65. The van der Waals surface area contributed by atoms with Gasteiger partial charge in [0.25, 0.3) is 0 Å². The molecule has 0 aliphatic carbocycles. The van der Waals surface area contributed by atoms with E-state index < -0.39 is 0 Å². The minimum atomic E-state index is 0.110. The van der Waals surface area contributed by atoms with E-state index in [1.165, 1.54) is 11.3 Å². The molecule has 1 aliphatic rings. The minimum Gasteiger partial charge on any atom is -0.319 e. The number of aryl methyl sites for hydroxylation is 1. The Morgan fingerprint density at radius 3 is 3.05 bits per heavy atom. The normalized spacial score (nSPS) is 16.9. The Morgan fingerprint density at radius 2 is 2.23 bits per heavy atom. The Hall–Kier alpha value is -2.04. The predicted molar refractivity (Wildman–Crippen MR) is 87.4 cm³/mol. The fourth-order valence-electron chi connectivity index (χ4n) is 3.10. The summed E-state index contributed by atoms with van der Waals surface area (Å²) >= 11 is 6.40. The molecule has 1 aliphatic heterocycles. The van der Waals surface area contributed by atoms with Crippen LogP contribution in [0.5, 0.6) is 0 Å². The van der Waals surface area contributed by atoms with Gasteiger partial charge in [-0.15, -0.1) is 0 Å². The minimum absolute atomic E-state index is 0.110. The molecule has 3 heterocycles. The molecule has 0 fully saturated rings. The monoisotopic (exact) mass is 312 g/mol. The van der Waals surface area contributed by atoms with Gasteiger partial charge in [-0.25, -0.2) is 0 Å². The van der Waals surface area contributed by atoms with Crippen LogP contribution in [0.15, 0.2) is 48.9 Å². The lowest BCUT2D eigenvalue weighted by Gasteiger charge is -2.15. The standard InChI is InChI=1S/C17H17ClN4/c1-2-21-11-12(9-20-21)17-16-7-4-8-22(16)15-6-3-5-14(18)13(15)10-19-17/h3-9,11,17,19H,2,10H2,1H3. The van der Waals surface area contributed by atoms with Crippen LogP contribution in [0, 0.1) is 0 Å². The molecular formula is C17H17ClN4. The van der Waals surface area contributed by atoms with E-state index in [0.29, 0.717) is 0 Å². The van der Waals surface area contributed by atoms with Gasteiger partial charge in [0, 0.05) is 47.3 Å². The van der Waals surface area contributed by atoms with Gasteiger partial charge in [0.1, 0.15) is 0 Å². The molecule has 0 saturated carbocycles. The molecule has 3 aromatic rings. The molecule has 0 bridgehead atoms. The van der Waals surface area contributed by atoms with E-state index in [0.717, 1.165) is 29.4 Å². The number of rotatable bonds is 2. The van der Waals surface area contributed by atoms with Crippen molar-refractivity contribution in [2.45, 2.75) is 26.1 Å². The SMILES string of the molecule is CCn1cc(C2NCc3c(Cl)cccc3-n3cccc32)cn1. The predicted octanol–water partition coefficient (Wildman–Crippen LogP) is 3.54. The van der Waals surface area contributed by atoms with E-state index in [2.05, 4.69) is 52.5 Å². The lowest BCUT2D eigenvalue weighted by atomic mass is 10.1. The van der Waals surface area contributed by atoms with Crippen LogP contribution in [0.25, 0.3) is 5.69 Å². The van der Waals surface area contributed by atoms with Gasteiger partial charge in [0.15, 0.2) is 0 Å². The highest BCUT2D eigenvalue weighted by Crippen LogP contribution is 2.32. The molecule has 112 valence electrons. The van der Waals surface area contributed by atoms with Gasteiger partial charge in [0.2, 0.25) is 0 Å². The first-order chi connectivity index (χ1) is 10.8. The maximum absolute atomic E-state index is 6.40. The number of fused-ring (bicyclic) bond motifs is 3. The van der Waals surface area contributed by atoms with Crippen molar-refractivity contribution in [2.75, 3.05) is 0 Å². The van der Waals surface area contributed by atoms with Crippen molar-refractivity contribution in [3.8, 4) is 5.69 Å². The zero-order valence-electron chi connectivity index (χ0n) is 12.3. The zero-order valence-corrected chi connectivity index (χ0v) is 13.1. The van der Waals surface area contributed by atoms with Gasteiger partial charge in [-0.3, -0.25) is 4.68 Å². The second kappa shape index (κ2) is 5.30. The molecule has 22 heavy (non-hydrogen) atoms. The van der Waals surface area contributed by atoms with Gasteiger partial charge in [-0.05, 0) is 31.2 Å². The van der Waals surface area contributed by atoms with Gasteiger partial charge in [0.05, 0.1) is 17.9 Å². The molecule has 0 radical (unpaired) electrons. The van der Waals surface area contributed by atoms with Crippen LogP contribution >= 0.6 is 11.6 Å². The molecule has 4 rings (SSSR count). The molecular weight excluding hydrogens is 296 g/mol. The molecule has 2 aromatic heterocycles. The Balaban J connectivity index is 1.85. The number of hydrogen-bond acceptors (Lipinski definition) is 2. The topological polar surface area (TPSA) is 34.8 Å². The molecule has 5 heteroatoms. The Bertz CT molecular complexity index is 818. The van der Waals surface area contributed by atoms with Crippen molar-refractivity contribution in [2.24, 2.45) is 0 Å². The summed E-state index contributed by atoms with van der Waals surface area (Å²) in [6, 6.07) is 10.4. The van der Waals surface area contributed by atoms with Gasteiger partial charge >= 0.3 is 0 Å². The molecule has 1 N–H and O–H groups in total. The van der Waals surface area contributed by atoms with Crippen LogP contribution in [0.1, 0.15) is 29.8 Å². The first-order valence-corrected chi connectivity index (χ1v) is 7.86. The number of aromatic nitrogens is 3. The maximum Gasteiger partial charge on any atom is 0.0768 e. The van der Waals surface area contributed by atoms with E-state index in [-0.39, 0.29) is 6.04 Å². The van der Waals surface area contributed by atoms with Crippen LogP contribution in [0.2, 0.25) is 5.02 Å². The molecule has 0 spiro atoms. The Morgan fingerprint density at radius 1 is 1.32 bits per heavy atom. The van der Waals surface area contributed by atoms with Crippen LogP contribution in [0.4, 0.5) is 0 Å². The van der Waals surface area contributed by atoms with Crippen molar-refractivity contribution < 1.29 is 0 Å². The summed E-state index contributed by atoms with van der Waals surface area (Å²) in [4.78, 5) is 0. The fourth-order valence-corrected chi connectivity index (χ4v) is 3.33. The summed E-state index contributed by atoms with van der Waals surface area (Å²) in [5, 5.41) is 8.82. The quantitative estimate of drug-likeness (QED) is 0.785. The number of nitrogens with zero attached hydrogens (tertiary/aromatic N) is 3. The van der Waals surface area contributed by atoms with Gasteiger partial charge < -0.3 is 9.88 Å². The summed E-state index contributed by atoms with van der Waals surface area (Å²) in [5.74, 6) is 0.